The summed E-state index contributed by atoms with van der Waals surface area (Å²) in [5.74, 6) is 0.744. The third-order valence-corrected chi connectivity index (χ3v) is 3.89. The molecule has 1 fully saturated rings. The lowest BCUT2D eigenvalue weighted by Gasteiger charge is -2.13. The fraction of sp³-hybridized carbons (Fsp3) is 0.462. The second kappa shape index (κ2) is 4.58. The van der Waals surface area contributed by atoms with Crippen molar-refractivity contribution in [2.24, 2.45) is 5.41 Å². The van der Waals surface area contributed by atoms with Crippen molar-refractivity contribution < 1.29 is 19.4 Å². The maximum absolute atomic E-state index is 12.0. The highest BCUT2D eigenvalue weighted by atomic mass is 35.5. The summed E-state index contributed by atoms with van der Waals surface area (Å²) in [7, 11) is 0. The van der Waals surface area contributed by atoms with E-state index in [0.29, 0.717) is 28.6 Å². The van der Waals surface area contributed by atoms with Crippen LogP contribution in [0.3, 0.4) is 0 Å². The van der Waals surface area contributed by atoms with Crippen LogP contribution in [-0.2, 0) is 0 Å². The van der Waals surface area contributed by atoms with Crippen molar-refractivity contribution in [3.8, 4) is 11.5 Å². The minimum absolute atomic E-state index is 0.106. The Hall–Kier alpha value is -1.46. The first-order valence-corrected chi connectivity index (χ1v) is 6.50. The van der Waals surface area contributed by atoms with Crippen molar-refractivity contribution in [2.75, 3.05) is 19.9 Å². The lowest BCUT2D eigenvalue weighted by molar-refractivity contribution is 0.0934. The van der Waals surface area contributed by atoms with E-state index in [9.17, 15) is 9.90 Å². The van der Waals surface area contributed by atoms with Crippen molar-refractivity contribution in [2.45, 2.75) is 12.8 Å². The summed E-state index contributed by atoms with van der Waals surface area (Å²) in [4.78, 5) is 12.0. The summed E-state index contributed by atoms with van der Waals surface area (Å²) in [6, 6.07) is 3.17. The van der Waals surface area contributed by atoms with Crippen LogP contribution in [-0.4, -0.2) is 31.0 Å². The zero-order valence-electron chi connectivity index (χ0n) is 10.2. The molecule has 1 aromatic carbocycles. The van der Waals surface area contributed by atoms with Crippen LogP contribution in [0, 0.1) is 5.41 Å². The maximum Gasteiger partial charge on any atom is 0.251 e. The molecular weight excluding hydrogens is 270 g/mol. The molecule has 1 amide bonds. The van der Waals surface area contributed by atoms with E-state index in [-0.39, 0.29) is 24.7 Å². The molecule has 1 saturated carbocycles. The molecule has 1 aliphatic heterocycles. The fourth-order valence-corrected chi connectivity index (χ4v) is 2.30. The van der Waals surface area contributed by atoms with E-state index >= 15 is 0 Å². The molecule has 0 radical (unpaired) electrons. The lowest BCUT2D eigenvalue weighted by Crippen LogP contribution is -2.31. The molecule has 0 spiro atoms. The lowest BCUT2D eigenvalue weighted by atomic mass is 10.1. The Kier molecular flexibility index (Phi) is 3.03. The van der Waals surface area contributed by atoms with E-state index in [1.165, 1.54) is 0 Å². The molecule has 2 N–H and O–H groups in total. The molecule has 19 heavy (non-hydrogen) atoms. The normalized spacial score (nSPS) is 18.2. The Morgan fingerprint density at radius 2 is 2.21 bits per heavy atom. The molecule has 0 aromatic heterocycles. The number of hydrogen-bond donors (Lipinski definition) is 2. The number of nitrogens with one attached hydrogen (secondary N) is 1. The Labute approximate surface area is 115 Å². The van der Waals surface area contributed by atoms with Crippen LogP contribution < -0.4 is 14.8 Å². The predicted molar refractivity (Wildman–Crippen MR) is 68.7 cm³/mol. The summed E-state index contributed by atoms with van der Waals surface area (Å²) in [6.07, 6.45) is 1.90. The topological polar surface area (TPSA) is 67.8 Å². The number of halogens is 1. The van der Waals surface area contributed by atoms with E-state index in [2.05, 4.69) is 5.32 Å². The molecule has 1 heterocycles. The minimum Gasteiger partial charge on any atom is -0.454 e. The standard InChI is InChI=1S/C13H14ClNO4/c14-9-3-8(4-10-11(9)19-7-18-10)12(17)15-5-13(6-16)1-2-13/h3-4,16H,1-2,5-7H2,(H,15,17). The number of hydrogen-bond acceptors (Lipinski definition) is 4. The van der Waals surface area contributed by atoms with E-state index in [4.69, 9.17) is 21.1 Å². The zero-order valence-corrected chi connectivity index (χ0v) is 11.0. The third kappa shape index (κ3) is 2.35. The van der Waals surface area contributed by atoms with E-state index in [0.717, 1.165) is 12.8 Å². The first kappa shape index (κ1) is 12.6. The SMILES string of the molecule is O=C(NCC1(CO)CC1)c1cc(Cl)c2c(c1)OCO2. The Morgan fingerprint density at radius 1 is 1.42 bits per heavy atom. The van der Waals surface area contributed by atoms with Crippen LogP contribution in [0.15, 0.2) is 12.1 Å². The van der Waals surface area contributed by atoms with Crippen molar-refractivity contribution in [1.29, 1.82) is 0 Å². The fourth-order valence-electron chi connectivity index (χ4n) is 2.04. The van der Waals surface area contributed by atoms with E-state index < -0.39 is 0 Å². The molecule has 5 nitrogen and oxygen atoms in total. The molecule has 0 atom stereocenters. The quantitative estimate of drug-likeness (QED) is 0.880. The second-order valence-corrected chi connectivity index (χ2v) is 5.44. The second-order valence-electron chi connectivity index (χ2n) is 5.03. The van der Waals surface area contributed by atoms with Gasteiger partial charge in [0, 0.05) is 17.5 Å². The smallest absolute Gasteiger partial charge is 0.251 e. The van der Waals surface area contributed by atoms with Crippen molar-refractivity contribution in [3.63, 3.8) is 0 Å². The summed E-state index contributed by atoms with van der Waals surface area (Å²) in [5.41, 5.74) is 0.318. The average molecular weight is 284 g/mol. The van der Waals surface area contributed by atoms with Gasteiger partial charge in [0.25, 0.3) is 5.91 Å². The highest BCUT2D eigenvalue weighted by molar-refractivity contribution is 6.32. The molecular formula is C13H14ClNO4. The van der Waals surface area contributed by atoms with Gasteiger partial charge in [-0.2, -0.15) is 0 Å². The maximum atomic E-state index is 12.0. The number of aliphatic hydroxyl groups excluding tert-OH is 1. The first-order valence-electron chi connectivity index (χ1n) is 6.12. The number of carbonyl (C=O) groups excluding carboxylic acids is 1. The molecule has 1 aliphatic carbocycles. The Balaban J connectivity index is 1.72. The van der Waals surface area contributed by atoms with Gasteiger partial charge >= 0.3 is 0 Å². The molecule has 0 bridgehead atoms. The van der Waals surface area contributed by atoms with Gasteiger partial charge in [-0.1, -0.05) is 11.6 Å². The van der Waals surface area contributed by atoms with Crippen LogP contribution in [0.4, 0.5) is 0 Å². The summed E-state index contributed by atoms with van der Waals surface area (Å²) < 4.78 is 10.4. The van der Waals surface area contributed by atoms with Gasteiger partial charge < -0.3 is 19.9 Å². The summed E-state index contributed by atoms with van der Waals surface area (Å²) in [6.45, 7) is 0.706. The van der Waals surface area contributed by atoms with Gasteiger partial charge in [-0.3, -0.25) is 4.79 Å². The van der Waals surface area contributed by atoms with Crippen molar-refractivity contribution in [1.82, 2.24) is 5.32 Å². The van der Waals surface area contributed by atoms with Crippen LogP contribution in [0.1, 0.15) is 23.2 Å². The molecule has 3 rings (SSSR count). The first-order chi connectivity index (χ1) is 9.13. The molecule has 102 valence electrons. The number of fused-ring (bicyclic) bond motifs is 1. The number of rotatable bonds is 4. The van der Waals surface area contributed by atoms with Crippen molar-refractivity contribution in [3.05, 3.63) is 22.7 Å². The largest absolute Gasteiger partial charge is 0.454 e. The molecule has 1 aromatic rings. The van der Waals surface area contributed by atoms with Crippen LogP contribution in [0.25, 0.3) is 0 Å². The number of benzene rings is 1. The minimum atomic E-state index is -0.222. The van der Waals surface area contributed by atoms with Crippen LogP contribution in [0.2, 0.25) is 5.02 Å². The summed E-state index contributed by atoms with van der Waals surface area (Å²) in [5, 5.41) is 12.4. The highest BCUT2D eigenvalue weighted by Crippen LogP contribution is 2.44. The predicted octanol–water partition coefficient (Wildman–Crippen LogP) is 1.57. The monoisotopic (exact) mass is 283 g/mol. The van der Waals surface area contributed by atoms with Gasteiger partial charge in [-0.05, 0) is 25.0 Å². The van der Waals surface area contributed by atoms with Crippen LogP contribution in [0.5, 0.6) is 11.5 Å². The van der Waals surface area contributed by atoms with Gasteiger partial charge in [0.2, 0.25) is 6.79 Å². The summed E-state index contributed by atoms with van der Waals surface area (Å²) >= 11 is 6.02. The van der Waals surface area contributed by atoms with Crippen molar-refractivity contribution >= 4 is 17.5 Å². The molecule has 2 aliphatic rings. The number of carbonyl (C=O) groups is 1. The van der Waals surface area contributed by atoms with E-state index in [1.54, 1.807) is 12.1 Å². The number of ether oxygens (including phenoxy) is 2. The zero-order chi connectivity index (χ0) is 13.5. The highest BCUT2D eigenvalue weighted by Gasteiger charge is 2.42. The molecule has 0 saturated heterocycles. The van der Waals surface area contributed by atoms with Gasteiger partial charge in [0.15, 0.2) is 11.5 Å². The van der Waals surface area contributed by atoms with Gasteiger partial charge in [-0.15, -0.1) is 0 Å². The molecule has 0 unspecified atom stereocenters. The molecule has 6 heteroatoms. The number of aliphatic hydroxyl groups is 1. The van der Waals surface area contributed by atoms with E-state index in [1.807, 2.05) is 0 Å². The Morgan fingerprint density at radius 3 is 2.89 bits per heavy atom. The van der Waals surface area contributed by atoms with Gasteiger partial charge in [-0.25, -0.2) is 0 Å². The van der Waals surface area contributed by atoms with Gasteiger partial charge in [0.1, 0.15) is 0 Å². The third-order valence-electron chi connectivity index (χ3n) is 3.61. The number of amides is 1. The average Bonchev–Trinajstić information content (AvgIpc) is 3.04. The van der Waals surface area contributed by atoms with Crippen LogP contribution >= 0.6 is 11.6 Å². The van der Waals surface area contributed by atoms with Gasteiger partial charge in [0.05, 0.1) is 11.6 Å². The Bertz CT molecular complexity index is 528.